The number of nitriles is 1. The Kier molecular flexibility index (Phi) is 10.5. The standard InChI is InChI=1S/C41H45ClF3N7O2/c1-23(24(2)41(3,4)5)34(44)39(53)52-19-18-50(21-27(52)15-16-46)38-30-20-47-36(29-10-6-8-25-11-14-31(43)33(42)32(25)29)35(45)37(30)48-40(49-38)54-22-28-9-7-17-51(28)26-12-13-26/h6,8,10-11,14,20,24,26-28H,7,9,12-13,15,17-19,21-22H2,1-5H3/b34-23-/t24?,27-,28-/m0/s1. The van der Waals surface area contributed by atoms with Gasteiger partial charge in [-0.25, -0.2) is 13.2 Å². The number of hydrogen-bond donors (Lipinski definition) is 0. The molecule has 284 valence electrons. The van der Waals surface area contributed by atoms with Crippen LogP contribution in [0, 0.1) is 34.3 Å². The number of allylic oxidation sites excluding steroid dienone is 1. The van der Waals surface area contributed by atoms with E-state index in [4.69, 9.17) is 21.3 Å². The number of carbonyl (C=O) groups is 1. The number of carbonyl (C=O) groups excluding carboxylic acids is 1. The minimum atomic E-state index is -0.809. The minimum Gasteiger partial charge on any atom is -0.462 e. The summed E-state index contributed by atoms with van der Waals surface area (Å²) < 4.78 is 53.6. The first-order valence-electron chi connectivity index (χ1n) is 18.7. The third-order valence-corrected chi connectivity index (χ3v) is 11.9. The van der Waals surface area contributed by atoms with Gasteiger partial charge < -0.3 is 14.5 Å². The van der Waals surface area contributed by atoms with E-state index in [0.717, 1.165) is 19.4 Å². The van der Waals surface area contributed by atoms with E-state index in [9.17, 15) is 14.4 Å². The normalized spacial score (nSPS) is 20.7. The number of fused-ring (bicyclic) bond motifs is 2. The highest BCUT2D eigenvalue weighted by Gasteiger charge is 2.38. The summed E-state index contributed by atoms with van der Waals surface area (Å²) in [5.74, 6) is -2.82. The second kappa shape index (κ2) is 15.0. The highest BCUT2D eigenvalue weighted by atomic mass is 35.5. The summed E-state index contributed by atoms with van der Waals surface area (Å²) in [4.78, 5) is 33.3. The number of aromatic nitrogens is 3. The second-order valence-corrected chi connectivity index (χ2v) is 16.3. The number of piperazine rings is 1. The van der Waals surface area contributed by atoms with E-state index < -0.39 is 29.4 Å². The lowest BCUT2D eigenvalue weighted by Crippen LogP contribution is -2.55. The fourth-order valence-corrected chi connectivity index (χ4v) is 8.12. The van der Waals surface area contributed by atoms with Crippen molar-refractivity contribution in [3.8, 4) is 23.3 Å². The maximum absolute atomic E-state index is 16.9. The smallest absolute Gasteiger partial charge is 0.319 e. The molecule has 54 heavy (non-hydrogen) atoms. The fraction of sp³-hybridized carbons (Fsp3) is 0.488. The van der Waals surface area contributed by atoms with Gasteiger partial charge in [-0.05, 0) is 67.5 Å². The highest BCUT2D eigenvalue weighted by Crippen LogP contribution is 2.40. The van der Waals surface area contributed by atoms with Crippen molar-refractivity contribution in [3.05, 3.63) is 64.6 Å². The van der Waals surface area contributed by atoms with E-state index in [0.29, 0.717) is 40.4 Å². The van der Waals surface area contributed by atoms with Gasteiger partial charge in [-0.15, -0.1) is 0 Å². The van der Waals surface area contributed by atoms with Crippen molar-refractivity contribution in [2.24, 2.45) is 11.3 Å². The molecule has 9 nitrogen and oxygen atoms in total. The molecule has 4 heterocycles. The summed E-state index contributed by atoms with van der Waals surface area (Å²) >= 11 is 6.43. The van der Waals surface area contributed by atoms with Crippen LogP contribution in [0.5, 0.6) is 6.01 Å². The molecule has 0 spiro atoms. The third kappa shape index (κ3) is 7.20. The predicted molar refractivity (Wildman–Crippen MR) is 204 cm³/mol. The van der Waals surface area contributed by atoms with Crippen molar-refractivity contribution in [2.45, 2.75) is 84.8 Å². The maximum atomic E-state index is 16.9. The van der Waals surface area contributed by atoms with E-state index in [-0.39, 0.29) is 71.1 Å². The van der Waals surface area contributed by atoms with Gasteiger partial charge in [0.25, 0.3) is 5.91 Å². The molecule has 7 rings (SSSR count). The average Bonchev–Trinajstić information content (AvgIpc) is 3.90. The van der Waals surface area contributed by atoms with Gasteiger partial charge in [0, 0.05) is 48.9 Å². The van der Waals surface area contributed by atoms with E-state index >= 15 is 8.78 Å². The van der Waals surface area contributed by atoms with E-state index in [2.05, 4.69) is 20.9 Å². The molecule has 1 aliphatic carbocycles. The van der Waals surface area contributed by atoms with Gasteiger partial charge in [0.1, 0.15) is 29.5 Å². The Morgan fingerprint density at radius 2 is 1.87 bits per heavy atom. The summed E-state index contributed by atoms with van der Waals surface area (Å²) in [5, 5.41) is 10.9. The molecule has 3 atom stereocenters. The topological polar surface area (TPSA) is 98.5 Å². The number of amides is 1. The van der Waals surface area contributed by atoms with Gasteiger partial charge in [-0.3, -0.25) is 14.7 Å². The lowest BCUT2D eigenvalue weighted by atomic mass is 9.77. The van der Waals surface area contributed by atoms with E-state index in [1.807, 2.05) is 32.6 Å². The van der Waals surface area contributed by atoms with Crippen LogP contribution in [0.2, 0.25) is 5.02 Å². The van der Waals surface area contributed by atoms with Crippen LogP contribution >= 0.6 is 11.6 Å². The number of likely N-dealkylation sites (tertiary alicyclic amines) is 1. The zero-order valence-corrected chi connectivity index (χ0v) is 32.1. The summed E-state index contributed by atoms with van der Waals surface area (Å²) in [7, 11) is 0. The molecular formula is C41H45ClF3N7O2. The lowest BCUT2D eigenvalue weighted by Gasteiger charge is -2.41. The Bertz CT molecular complexity index is 2180. The minimum absolute atomic E-state index is 0.0192. The first kappa shape index (κ1) is 37.8. The van der Waals surface area contributed by atoms with Gasteiger partial charge >= 0.3 is 6.01 Å². The molecule has 2 saturated heterocycles. The fourth-order valence-electron chi connectivity index (χ4n) is 7.85. The number of pyridine rings is 1. The van der Waals surface area contributed by atoms with Gasteiger partial charge in [-0.1, -0.05) is 63.6 Å². The zero-order valence-electron chi connectivity index (χ0n) is 31.3. The van der Waals surface area contributed by atoms with Crippen molar-refractivity contribution < 1.29 is 22.7 Å². The molecule has 1 saturated carbocycles. The lowest BCUT2D eigenvalue weighted by molar-refractivity contribution is -0.131. The number of nitrogens with zero attached hydrogens (tertiary/aromatic N) is 7. The van der Waals surface area contributed by atoms with E-state index in [1.165, 1.54) is 30.0 Å². The Morgan fingerprint density at radius 3 is 2.59 bits per heavy atom. The molecule has 2 aromatic heterocycles. The molecule has 2 aromatic carbocycles. The van der Waals surface area contributed by atoms with Crippen molar-refractivity contribution >= 4 is 45.0 Å². The van der Waals surface area contributed by atoms with Crippen molar-refractivity contribution in [2.75, 3.05) is 37.7 Å². The molecule has 2 aliphatic heterocycles. The Labute approximate surface area is 318 Å². The molecule has 4 aromatic rings. The molecule has 3 fully saturated rings. The quantitative estimate of drug-likeness (QED) is 0.157. The summed E-state index contributed by atoms with van der Waals surface area (Å²) in [5.41, 5.74) is 0.299. The van der Waals surface area contributed by atoms with Crippen LogP contribution in [0.4, 0.5) is 19.0 Å². The Hall–Kier alpha value is -4.47. The Balaban J connectivity index is 1.27. The van der Waals surface area contributed by atoms with Crippen LogP contribution in [0.3, 0.4) is 0 Å². The van der Waals surface area contributed by atoms with Crippen LogP contribution < -0.4 is 9.64 Å². The summed E-state index contributed by atoms with van der Waals surface area (Å²) in [6.45, 7) is 11.3. The molecule has 3 aliphatic rings. The first-order valence-corrected chi connectivity index (χ1v) is 19.1. The summed E-state index contributed by atoms with van der Waals surface area (Å²) in [6, 6.07) is 10.2. The maximum Gasteiger partial charge on any atom is 0.319 e. The predicted octanol–water partition coefficient (Wildman–Crippen LogP) is 8.64. The number of halogens is 4. The van der Waals surface area contributed by atoms with Crippen molar-refractivity contribution in [1.82, 2.24) is 24.8 Å². The van der Waals surface area contributed by atoms with Crippen molar-refractivity contribution in [1.29, 1.82) is 5.26 Å². The molecule has 13 heteroatoms. The highest BCUT2D eigenvalue weighted by molar-refractivity contribution is 6.36. The van der Waals surface area contributed by atoms with Crippen LogP contribution in [-0.2, 0) is 4.79 Å². The van der Waals surface area contributed by atoms with Gasteiger partial charge in [0.15, 0.2) is 11.6 Å². The average molecular weight is 760 g/mol. The van der Waals surface area contributed by atoms with Crippen LogP contribution in [0.25, 0.3) is 32.9 Å². The number of ether oxygens (including phenoxy) is 1. The Morgan fingerprint density at radius 1 is 1.09 bits per heavy atom. The van der Waals surface area contributed by atoms with Gasteiger partial charge in [0.05, 0.1) is 28.9 Å². The number of anilines is 1. The van der Waals surface area contributed by atoms with Gasteiger partial charge in [0.2, 0.25) is 0 Å². The monoisotopic (exact) mass is 759 g/mol. The summed E-state index contributed by atoms with van der Waals surface area (Å²) in [6.07, 6.45) is 5.81. The number of rotatable bonds is 9. The number of hydrogen-bond acceptors (Lipinski definition) is 8. The number of benzene rings is 2. The SMILES string of the molecule is C/C(=C(/F)C(=O)N1CCN(c2nc(OC[C@@H]3CCCN3C3CC3)nc3c(F)c(-c4cccc5ccc(F)c(Cl)c45)ncc23)C[C@@H]1CC#N)C(C)C(C)(C)C. The molecule has 0 bridgehead atoms. The largest absolute Gasteiger partial charge is 0.462 e. The van der Waals surface area contributed by atoms with Crippen LogP contribution in [0.1, 0.15) is 66.7 Å². The molecule has 0 N–H and O–H groups in total. The third-order valence-electron chi connectivity index (χ3n) is 11.5. The van der Waals surface area contributed by atoms with Crippen molar-refractivity contribution in [3.63, 3.8) is 0 Å². The molecule has 0 radical (unpaired) electrons. The van der Waals surface area contributed by atoms with Gasteiger partial charge in [-0.2, -0.15) is 15.2 Å². The molecule has 1 amide bonds. The molecule has 1 unspecified atom stereocenters. The zero-order chi connectivity index (χ0) is 38.5. The molecular weight excluding hydrogens is 715 g/mol. The van der Waals surface area contributed by atoms with Crippen LogP contribution in [0.15, 0.2) is 47.9 Å². The first-order chi connectivity index (χ1) is 25.8. The van der Waals surface area contributed by atoms with Crippen LogP contribution in [-0.4, -0.2) is 81.6 Å². The second-order valence-electron chi connectivity index (χ2n) is 15.9. The van der Waals surface area contributed by atoms with E-state index in [1.54, 1.807) is 31.2 Å².